The summed E-state index contributed by atoms with van der Waals surface area (Å²) in [6, 6.07) is 9.58. The van der Waals surface area contributed by atoms with Crippen molar-refractivity contribution in [3.8, 4) is 0 Å². The molecule has 0 aliphatic carbocycles. The molecular formula is C16H21NO3. The predicted octanol–water partition coefficient (Wildman–Crippen LogP) is 2.08. The van der Waals surface area contributed by atoms with E-state index in [4.69, 9.17) is 4.74 Å². The van der Waals surface area contributed by atoms with Crippen LogP contribution in [0.1, 0.15) is 31.2 Å². The van der Waals surface area contributed by atoms with Gasteiger partial charge < -0.3 is 10.1 Å². The van der Waals surface area contributed by atoms with E-state index in [1.165, 1.54) is 0 Å². The standard InChI is InChI=1S/C16H21NO3/c18-15(12-13-6-2-1-3-7-13)20-11-5-4-8-14-9-10-17-16(14)19/h1-3,6-7,14H,4-5,8-12H2,(H,17,19). The molecule has 1 aromatic carbocycles. The molecular weight excluding hydrogens is 254 g/mol. The molecule has 2 rings (SSSR count). The van der Waals surface area contributed by atoms with Gasteiger partial charge in [0, 0.05) is 12.5 Å². The van der Waals surface area contributed by atoms with E-state index >= 15 is 0 Å². The van der Waals surface area contributed by atoms with E-state index in [1.807, 2.05) is 30.3 Å². The summed E-state index contributed by atoms with van der Waals surface area (Å²) in [7, 11) is 0. The Kier molecular flexibility index (Phi) is 5.59. The smallest absolute Gasteiger partial charge is 0.310 e. The molecule has 1 unspecified atom stereocenters. The normalized spacial score (nSPS) is 17.8. The lowest BCUT2D eigenvalue weighted by atomic mass is 10.0. The molecule has 0 spiro atoms. The number of carbonyl (C=O) groups is 2. The van der Waals surface area contributed by atoms with Gasteiger partial charge in [-0.1, -0.05) is 30.3 Å². The van der Waals surface area contributed by atoms with Crippen LogP contribution >= 0.6 is 0 Å². The van der Waals surface area contributed by atoms with E-state index in [1.54, 1.807) is 0 Å². The van der Waals surface area contributed by atoms with E-state index in [0.717, 1.165) is 37.8 Å². The molecule has 1 saturated heterocycles. The maximum Gasteiger partial charge on any atom is 0.310 e. The summed E-state index contributed by atoms with van der Waals surface area (Å²) in [6.45, 7) is 1.25. The quantitative estimate of drug-likeness (QED) is 0.612. The Morgan fingerprint density at radius 2 is 2.05 bits per heavy atom. The summed E-state index contributed by atoms with van der Waals surface area (Å²) in [6.07, 6.45) is 3.90. The van der Waals surface area contributed by atoms with Crippen LogP contribution < -0.4 is 5.32 Å². The third kappa shape index (κ3) is 4.68. The van der Waals surface area contributed by atoms with Gasteiger partial charge in [-0.3, -0.25) is 9.59 Å². The Morgan fingerprint density at radius 1 is 1.25 bits per heavy atom. The number of rotatable bonds is 7. The minimum atomic E-state index is -0.185. The zero-order valence-electron chi connectivity index (χ0n) is 11.6. The van der Waals surface area contributed by atoms with Crippen molar-refractivity contribution >= 4 is 11.9 Å². The molecule has 1 aliphatic rings. The van der Waals surface area contributed by atoms with Crippen LogP contribution in [0.5, 0.6) is 0 Å². The van der Waals surface area contributed by atoms with E-state index in [0.29, 0.717) is 13.0 Å². The largest absolute Gasteiger partial charge is 0.465 e. The first-order valence-corrected chi connectivity index (χ1v) is 7.23. The van der Waals surface area contributed by atoms with Crippen LogP contribution in [-0.4, -0.2) is 25.0 Å². The molecule has 1 heterocycles. The summed E-state index contributed by atoms with van der Waals surface area (Å²) in [5.41, 5.74) is 0.972. The second-order valence-electron chi connectivity index (χ2n) is 5.16. The zero-order chi connectivity index (χ0) is 14.2. The van der Waals surface area contributed by atoms with E-state index in [2.05, 4.69) is 5.32 Å². The monoisotopic (exact) mass is 275 g/mol. The third-order valence-electron chi connectivity index (χ3n) is 3.56. The van der Waals surface area contributed by atoms with Gasteiger partial charge in [0.1, 0.15) is 0 Å². The van der Waals surface area contributed by atoms with Crippen LogP contribution in [0.3, 0.4) is 0 Å². The molecule has 4 nitrogen and oxygen atoms in total. The van der Waals surface area contributed by atoms with Crippen molar-refractivity contribution in [2.75, 3.05) is 13.2 Å². The Balaban J connectivity index is 1.54. The molecule has 1 fully saturated rings. The molecule has 0 radical (unpaired) electrons. The Bertz CT molecular complexity index is 444. The van der Waals surface area contributed by atoms with Crippen molar-refractivity contribution in [2.45, 2.75) is 32.1 Å². The first-order valence-electron chi connectivity index (χ1n) is 7.23. The Morgan fingerprint density at radius 3 is 2.75 bits per heavy atom. The molecule has 1 atom stereocenters. The number of ether oxygens (including phenoxy) is 1. The molecule has 4 heteroatoms. The van der Waals surface area contributed by atoms with Gasteiger partial charge in [0.25, 0.3) is 0 Å². The van der Waals surface area contributed by atoms with Crippen LogP contribution in [-0.2, 0) is 20.7 Å². The second kappa shape index (κ2) is 7.68. The molecule has 1 aliphatic heterocycles. The number of unbranched alkanes of at least 4 members (excludes halogenated alkanes) is 1. The summed E-state index contributed by atoms with van der Waals surface area (Å²) in [4.78, 5) is 23.0. The fourth-order valence-corrected chi connectivity index (χ4v) is 2.41. The maximum absolute atomic E-state index is 11.6. The summed E-state index contributed by atoms with van der Waals surface area (Å²) < 4.78 is 5.20. The highest BCUT2D eigenvalue weighted by atomic mass is 16.5. The minimum absolute atomic E-state index is 0.162. The predicted molar refractivity (Wildman–Crippen MR) is 76.1 cm³/mol. The summed E-state index contributed by atoms with van der Waals surface area (Å²) in [5, 5.41) is 2.83. The van der Waals surface area contributed by atoms with Crippen molar-refractivity contribution in [1.29, 1.82) is 0 Å². The molecule has 1 amide bonds. The molecule has 108 valence electrons. The molecule has 0 saturated carbocycles. The van der Waals surface area contributed by atoms with Crippen LogP contribution in [0.2, 0.25) is 0 Å². The fraction of sp³-hybridized carbons (Fsp3) is 0.500. The van der Waals surface area contributed by atoms with Gasteiger partial charge in [-0.15, -0.1) is 0 Å². The number of hydrogen-bond acceptors (Lipinski definition) is 3. The number of nitrogens with one attached hydrogen (secondary N) is 1. The van der Waals surface area contributed by atoms with Crippen molar-refractivity contribution in [3.63, 3.8) is 0 Å². The summed E-state index contributed by atoms with van der Waals surface area (Å²) >= 11 is 0. The highest BCUT2D eigenvalue weighted by Crippen LogP contribution is 2.16. The van der Waals surface area contributed by atoms with Crippen molar-refractivity contribution in [1.82, 2.24) is 5.32 Å². The molecule has 0 bridgehead atoms. The van der Waals surface area contributed by atoms with Crippen molar-refractivity contribution in [3.05, 3.63) is 35.9 Å². The topological polar surface area (TPSA) is 55.4 Å². The Labute approximate surface area is 119 Å². The number of amides is 1. The summed E-state index contributed by atoms with van der Waals surface area (Å²) in [5.74, 6) is 0.149. The first-order chi connectivity index (χ1) is 9.75. The van der Waals surface area contributed by atoms with Gasteiger partial charge in [0.15, 0.2) is 0 Å². The molecule has 0 aromatic heterocycles. The molecule has 20 heavy (non-hydrogen) atoms. The first kappa shape index (κ1) is 14.6. The van der Waals surface area contributed by atoms with Gasteiger partial charge in [-0.2, -0.15) is 0 Å². The average molecular weight is 275 g/mol. The number of carbonyl (C=O) groups excluding carboxylic acids is 2. The van der Waals surface area contributed by atoms with Gasteiger partial charge in [0.2, 0.25) is 5.91 Å². The van der Waals surface area contributed by atoms with E-state index in [9.17, 15) is 9.59 Å². The number of hydrogen-bond donors (Lipinski definition) is 1. The molecule has 1 N–H and O–H groups in total. The van der Waals surface area contributed by atoms with Gasteiger partial charge in [0.05, 0.1) is 13.0 Å². The number of benzene rings is 1. The van der Waals surface area contributed by atoms with Crippen LogP contribution in [0.15, 0.2) is 30.3 Å². The van der Waals surface area contributed by atoms with Crippen LogP contribution in [0.25, 0.3) is 0 Å². The lowest BCUT2D eigenvalue weighted by molar-refractivity contribution is -0.143. The molecule has 1 aromatic rings. The SMILES string of the molecule is O=C(Cc1ccccc1)OCCCCC1CCNC1=O. The third-order valence-corrected chi connectivity index (χ3v) is 3.56. The van der Waals surface area contributed by atoms with Crippen molar-refractivity contribution in [2.24, 2.45) is 5.92 Å². The van der Waals surface area contributed by atoms with Gasteiger partial charge in [-0.05, 0) is 31.2 Å². The maximum atomic E-state index is 11.6. The van der Waals surface area contributed by atoms with E-state index < -0.39 is 0 Å². The lowest BCUT2D eigenvalue weighted by Crippen LogP contribution is -2.19. The zero-order valence-corrected chi connectivity index (χ0v) is 11.6. The lowest BCUT2D eigenvalue weighted by Gasteiger charge is -2.07. The fourth-order valence-electron chi connectivity index (χ4n) is 2.41. The van der Waals surface area contributed by atoms with E-state index in [-0.39, 0.29) is 17.8 Å². The van der Waals surface area contributed by atoms with Gasteiger partial charge >= 0.3 is 5.97 Å². The minimum Gasteiger partial charge on any atom is -0.465 e. The Hall–Kier alpha value is -1.84. The van der Waals surface area contributed by atoms with Crippen LogP contribution in [0.4, 0.5) is 0 Å². The second-order valence-corrected chi connectivity index (χ2v) is 5.16. The highest BCUT2D eigenvalue weighted by Gasteiger charge is 2.22. The number of esters is 1. The van der Waals surface area contributed by atoms with Crippen LogP contribution in [0, 0.1) is 5.92 Å². The highest BCUT2D eigenvalue weighted by molar-refractivity contribution is 5.80. The van der Waals surface area contributed by atoms with Crippen molar-refractivity contribution < 1.29 is 14.3 Å². The average Bonchev–Trinajstić information content (AvgIpc) is 2.85. The van der Waals surface area contributed by atoms with Gasteiger partial charge in [-0.25, -0.2) is 0 Å².